The van der Waals surface area contributed by atoms with Crippen molar-refractivity contribution in [3.63, 3.8) is 0 Å². The summed E-state index contributed by atoms with van der Waals surface area (Å²) >= 11 is 5.94. The van der Waals surface area contributed by atoms with E-state index in [9.17, 15) is 8.78 Å². The first-order chi connectivity index (χ1) is 9.44. The lowest BCUT2D eigenvalue weighted by Crippen LogP contribution is -2.18. The molecule has 20 heavy (non-hydrogen) atoms. The Hall–Kier alpha value is -1.65. The van der Waals surface area contributed by atoms with Gasteiger partial charge in [0.15, 0.2) is 0 Å². The highest BCUT2D eigenvalue weighted by molar-refractivity contribution is 6.30. The van der Waals surface area contributed by atoms with E-state index in [4.69, 9.17) is 22.1 Å². The Bertz CT molecular complexity index is 597. The molecular formula is C15H14ClF2NO. The van der Waals surface area contributed by atoms with Gasteiger partial charge in [-0.2, -0.15) is 0 Å². The van der Waals surface area contributed by atoms with Gasteiger partial charge in [0.05, 0.1) is 0 Å². The first-order valence-electron chi connectivity index (χ1n) is 6.12. The molecule has 2 N–H and O–H groups in total. The van der Waals surface area contributed by atoms with E-state index < -0.39 is 11.6 Å². The zero-order valence-corrected chi connectivity index (χ0v) is 11.6. The maximum Gasteiger partial charge on any atom is 0.133 e. The predicted molar refractivity (Wildman–Crippen MR) is 75.2 cm³/mol. The van der Waals surface area contributed by atoms with Crippen LogP contribution in [-0.4, -0.2) is 6.04 Å². The molecule has 0 saturated heterocycles. The van der Waals surface area contributed by atoms with Crippen molar-refractivity contribution in [2.75, 3.05) is 0 Å². The molecule has 0 spiro atoms. The van der Waals surface area contributed by atoms with Crippen molar-refractivity contribution in [3.8, 4) is 11.5 Å². The number of hydrogen-bond donors (Lipinski definition) is 1. The third kappa shape index (κ3) is 3.92. The van der Waals surface area contributed by atoms with Gasteiger partial charge in [0.2, 0.25) is 0 Å². The molecule has 0 heterocycles. The first kappa shape index (κ1) is 14.8. The van der Waals surface area contributed by atoms with Crippen molar-refractivity contribution < 1.29 is 13.5 Å². The summed E-state index contributed by atoms with van der Waals surface area (Å²) in [5.41, 5.74) is 6.56. The maximum absolute atomic E-state index is 13.1. The molecule has 0 bridgehead atoms. The van der Waals surface area contributed by atoms with Gasteiger partial charge < -0.3 is 10.5 Å². The van der Waals surface area contributed by atoms with E-state index in [0.717, 1.165) is 23.8 Å². The van der Waals surface area contributed by atoms with Crippen molar-refractivity contribution >= 4 is 11.6 Å². The summed E-state index contributed by atoms with van der Waals surface area (Å²) in [5.74, 6) is -0.808. The Balaban J connectivity index is 2.32. The molecule has 2 rings (SSSR count). The quantitative estimate of drug-likeness (QED) is 0.913. The van der Waals surface area contributed by atoms with Gasteiger partial charge in [0.1, 0.15) is 23.1 Å². The minimum atomic E-state index is -0.692. The van der Waals surface area contributed by atoms with Gasteiger partial charge in [-0.25, -0.2) is 8.78 Å². The number of benzene rings is 2. The van der Waals surface area contributed by atoms with E-state index in [1.165, 1.54) is 0 Å². The molecule has 0 aliphatic heterocycles. The van der Waals surface area contributed by atoms with E-state index >= 15 is 0 Å². The van der Waals surface area contributed by atoms with Gasteiger partial charge >= 0.3 is 0 Å². The van der Waals surface area contributed by atoms with Crippen molar-refractivity contribution in [1.82, 2.24) is 0 Å². The Morgan fingerprint density at radius 3 is 2.40 bits per heavy atom. The first-order valence-corrected chi connectivity index (χ1v) is 6.50. The van der Waals surface area contributed by atoms with Gasteiger partial charge in [-0.05, 0) is 37.1 Å². The molecule has 0 amide bonds. The van der Waals surface area contributed by atoms with E-state index in [0.29, 0.717) is 17.2 Å². The smallest absolute Gasteiger partial charge is 0.133 e. The molecule has 5 heteroatoms. The molecule has 2 aromatic rings. The number of rotatable bonds is 4. The van der Waals surface area contributed by atoms with Gasteiger partial charge in [-0.3, -0.25) is 0 Å². The maximum atomic E-state index is 13.1. The van der Waals surface area contributed by atoms with Crippen molar-refractivity contribution in [3.05, 3.63) is 58.6 Å². The highest BCUT2D eigenvalue weighted by Crippen LogP contribution is 2.29. The normalized spacial score (nSPS) is 12.2. The van der Waals surface area contributed by atoms with Crippen LogP contribution in [0.2, 0.25) is 5.02 Å². The molecule has 0 fully saturated rings. The van der Waals surface area contributed by atoms with Gasteiger partial charge in [-0.15, -0.1) is 0 Å². The second-order valence-electron chi connectivity index (χ2n) is 4.64. The van der Waals surface area contributed by atoms with Gasteiger partial charge in [0, 0.05) is 29.3 Å². The zero-order valence-electron chi connectivity index (χ0n) is 10.9. The van der Waals surface area contributed by atoms with Crippen LogP contribution in [0, 0.1) is 11.6 Å². The second kappa shape index (κ2) is 6.20. The standard InChI is InChI=1S/C15H14ClF2NO/c1-9(19)4-10-5-11(16)2-3-15(10)20-14-7-12(17)6-13(18)8-14/h2-3,5-9H,4,19H2,1H3. The Morgan fingerprint density at radius 1 is 1.15 bits per heavy atom. The number of nitrogens with two attached hydrogens (primary N) is 1. The van der Waals surface area contributed by atoms with Gasteiger partial charge in [0.25, 0.3) is 0 Å². The minimum Gasteiger partial charge on any atom is -0.457 e. The average molecular weight is 298 g/mol. The Kier molecular flexibility index (Phi) is 4.57. The van der Waals surface area contributed by atoms with Crippen LogP contribution in [0.5, 0.6) is 11.5 Å². The summed E-state index contributed by atoms with van der Waals surface area (Å²) < 4.78 is 31.8. The molecule has 0 aliphatic carbocycles. The molecule has 2 aromatic carbocycles. The fraction of sp³-hybridized carbons (Fsp3) is 0.200. The molecular weight excluding hydrogens is 284 g/mol. The molecule has 1 atom stereocenters. The summed E-state index contributed by atoms with van der Waals surface area (Å²) in [7, 11) is 0. The Labute approximate surface area is 121 Å². The zero-order chi connectivity index (χ0) is 14.7. The van der Waals surface area contributed by atoms with E-state index in [1.807, 2.05) is 6.92 Å². The monoisotopic (exact) mass is 297 g/mol. The summed E-state index contributed by atoms with van der Waals surface area (Å²) in [4.78, 5) is 0. The largest absolute Gasteiger partial charge is 0.457 e. The molecule has 1 unspecified atom stereocenters. The van der Waals surface area contributed by atoms with E-state index in [2.05, 4.69) is 0 Å². The van der Waals surface area contributed by atoms with Crippen molar-refractivity contribution in [2.24, 2.45) is 5.73 Å². The van der Waals surface area contributed by atoms with Crippen LogP contribution in [0.25, 0.3) is 0 Å². The third-order valence-corrected chi connectivity index (χ3v) is 2.86. The molecule has 2 nitrogen and oxygen atoms in total. The van der Waals surface area contributed by atoms with Crippen molar-refractivity contribution in [2.45, 2.75) is 19.4 Å². The highest BCUT2D eigenvalue weighted by Gasteiger charge is 2.10. The van der Waals surface area contributed by atoms with Crippen LogP contribution in [0.1, 0.15) is 12.5 Å². The van der Waals surface area contributed by atoms with E-state index in [-0.39, 0.29) is 11.8 Å². The van der Waals surface area contributed by atoms with Crippen LogP contribution in [0.4, 0.5) is 8.78 Å². The highest BCUT2D eigenvalue weighted by atomic mass is 35.5. The Morgan fingerprint density at radius 2 is 1.80 bits per heavy atom. The summed E-state index contributed by atoms with van der Waals surface area (Å²) in [5, 5.41) is 0.554. The lowest BCUT2D eigenvalue weighted by atomic mass is 10.1. The molecule has 0 saturated carbocycles. The summed E-state index contributed by atoms with van der Waals surface area (Å²) in [6.07, 6.45) is 0.549. The topological polar surface area (TPSA) is 35.2 Å². The second-order valence-corrected chi connectivity index (χ2v) is 5.08. The summed E-state index contributed by atoms with van der Waals surface area (Å²) in [6, 6.07) is 7.98. The number of hydrogen-bond acceptors (Lipinski definition) is 2. The molecule has 0 aromatic heterocycles. The third-order valence-electron chi connectivity index (χ3n) is 2.63. The average Bonchev–Trinajstić information content (AvgIpc) is 2.30. The van der Waals surface area contributed by atoms with Crippen LogP contribution < -0.4 is 10.5 Å². The van der Waals surface area contributed by atoms with Crippen LogP contribution in [-0.2, 0) is 6.42 Å². The van der Waals surface area contributed by atoms with Crippen LogP contribution in [0.3, 0.4) is 0 Å². The van der Waals surface area contributed by atoms with Crippen molar-refractivity contribution in [1.29, 1.82) is 0 Å². The minimum absolute atomic E-state index is 0.0833. The molecule has 0 aliphatic rings. The number of halogens is 3. The van der Waals surface area contributed by atoms with Crippen LogP contribution in [0.15, 0.2) is 36.4 Å². The summed E-state index contributed by atoms with van der Waals surface area (Å²) in [6.45, 7) is 1.85. The molecule has 106 valence electrons. The van der Waals surface area contributed by atoms with Gasteiger partial charge in [-0.1, -0.05) is 11.6 Å². The predicted octanol–water partition coefficient (Wildman–Crippen LogP) is 4.30. The fourth-order valence-electron chi connectivity index (χ4n) is 1.87. The van der Waals surface area contributed by atoms with E-state index in [1.54, 1.807) is 18.2 Å². The molecule has 0 radical (unpaired) electrons. The number of ether oxygens (including phenoxy) is 1. The fourth-order valence-corrected chi connectivity index (χ4v) is 2.06. The lowest BCUT2D eigenvalue weighted by Gasteiger charge is -2.13. The lowest BCUT2D eigenvalue weighted by molar-refractivity contribution is 0.461. The van der Waals surface area contributed by atoms with Crippen LogP contribution >= 0.6 is 11.6 Å². The SMILES string of the molecule is CC(N)Cc1cc(Cl)ccc1Oc1cc(F)cc(F)c1.